The number of nitrogens with one attached hydrogen (secondary N) is 1. The Hall–Kier alpha value is -1.33. The zero-order valence-corrected chi connectivity index (χ0v) is 14.5. The Kier molecular flexibility index (Phi) is 3.77. The van der Waals surface area contributed by atoms with Gasteiger partial charge in [0.1, 0.15) is 4.33 Å². The molecule has 5 nitrogen and oxygen atoms in total. The van der Waals surface area contributed by atoms with Crippen molar-refractivity contribution in [3.63, 3.8) is 0 Å². The lowest BCUT2D eigenvalue weighted by atomic mass is 10.0. The molecule has 0 heterocycles. The van der Waals surface area contributed by atoms with Gasteiger partial charge in [-0.1, -0.05) is 6.07 Å². The van der Waals surface area contributed by atoms with E-state index in [0.717, 1.165) is 25.7 Å². The third-order valence-electron chi connectivity index (χ3n) is 5.95. The lowest BCUT2D eigenvalue weighted by molar-refractivity contribution is -0.384. The summed E-state index contributed by atoms with van der Waals surface area (Å²) in [6.45, 7) is 0. The number of non-ortho nitro benzene ring substituents is 1. The van der Waals surface area contributed by atoms with Gasteiger partial charge in [0.05, 0.1) is 4.92 Å². The van der Waals surface area contributed by atoms with E-state index < -0.39 is 9.26 Å². The number of halogens is 2. The van der Waals surface area contributed by atoms with Crippen molar-refractivity contribution in [2.24, 2.45) is 29.6 Å². The van der Waals surface area contributed by atoms with Gasteiger partial charge in [0, 0.05) is 23.7 Å². The Morgan fingerprint density at radius 1 is 1.17 bits per heavy atom. The minimum Gasteiger partial charge on any atom is -0.326 e. The number of hydrogen-bond donors (Lipinski definition) is 1. The topological polar surface area (TPSA) is 72.2 Å². The van der Waals surface area contributed by atoms with Crippen molar-refractivity contribution >= 4 is 40.5 Å². The molecule has 24 heavy (non-hydrogen) atoms. The second-order valence-electron chi connectivity index (χ2n) is 7.19. The monoisotopic (exact) mass is 368 g/mol. The molecular weight excluding hydrogens is 351 g/mol. The second kappa shape index (κ2) is 5.60. The highest BCUT2D eigenvalue weighted by molar-refractivity contribution is 6.51. The van der Waals surface area contributed by atoms with Gasteiger partial charge in [-0.2, -0.15) is 0 Å². The van der Waals surface area contributed by atoms with Gasteiger partial charge in [0.15, 0.2) is 0 Å². The van der Waals surface area contributed by atoms with E-state index in [1.165, 1.54) is 12.1 Å². The molecule has 1 aromatic carbocycles. The smallest absolute Gasteiger partial charge is 0.271 e. The van der Waals surface area contributed by atoms with Crippen LogP contribution in [-0.4, -0.2) is 15.2 Å². The van der Waals surface area contributed by atoms with Gasteiger partial charge < -0.3 is 5.32 Å². The van der Waals surface area contributed by atoms with Crippen LogP contribution in [0.1, 0.15) is 25.7 Å². The van der Waals surface area contributed by atoms with Crippen LogP contribution in [0.2, 0.25) is 0 Å². The Morgan fingerprint density at radius 2 is 1.79 bits per heavy atom. The molecule has 1 amide bonds. The van der Waals surface area contributed by atoms with E-state index in [1.807, 2.05) is 0 Å². The van der Waals surface area contributed by atoms with Crippen LogP contribution in [0.25, 0.3) is 0 Å². The largest absolute Gasteiger partial charge is 0.326 e. The summed E-state index contributed by atoms with van der Waals surface area (Å²) in [5.74, 6) is 1.54. The van der Waals surface area contributed by atoms with Crippen LogP contribution in [0.4, 0.5) is 11.4 Å². The summed E-state index contributed by atoms with van der Waals surface area (Å²) in [5.41, 5.74) is 0.465. The van der Waals surface area contributed by atoms with Crippen LogP contribution < -0.4 is 5.32 Å². The van der Waals surface area contributed by atoms with Gasteiger partial charge >= 0.3 is 0 Å². The molecule has 128 valence electrons. The van der Waals surface area contributed by atoms with Crippen molar-refractivity contribution in [1.29, 1.82) is 0 Å². The van der Waals surface area contributed by atoms with Gasteiger partial charge in [-0.05, 0) is 55.4 Å². The van der Waals surface area contributed by atoms with Gasteiger partial charge in [0.2, 0.25) is 5.91 Å². The molecule has 7 heteroatoms. The first kappa shape index (κ1) is 16.2. The molecule has 0 radical (unpaired) electrons. The summed E-state index contributed by atoms with van der Waals surface area (Å²) in [4.78, 5) is 22.9. The highest BCUT2D eigenvalue weighted by Crippen LogP contribution is 2.67. The normalized spacial score (nSPS) is 35.7. The highest BCUT2D eigenvalue weighted by atomic mass is 35.5. The Bertz CT molecular complexity index is 687. The molecule has 4 atom stereocenters. The molecule has 0 spiro atoms. The summed E-state index contributed by atoms with van der Waals surface area (Å²) < 4.78 is -0.544. The quantitative estimate of drug-likeness (QED) is 0.488. The van der Waals surface area contributed by atoms with Gasteiger partial charge in [-0.25, -0.2) is 0 Å². The predicted octanol–water partition coefficient (Wildman–Crippen LogP) is 4.39. The Labute approximate surface area is 149 Å². The molecule has 3 saturated carbocycles. The maximum atomic E-state index is 12.5. The average molecular weight is 369 g/mol. The molecule has 1 aromatic rings. The lowest BCUT2D eigenvalue weighted by Gasteiger charge is -2.05. The number of alkyl halides is 2. The minimum absolute atomic E-state index is 0.0156. The Morgan fingerprint density at radius 3 is 2.38 bits per heavy atom. The maximum absolute atomic E-state index is 12.5. The van der Waals surface area contributed by atoms with E-state index in [0.29, 0.717) is 29.4 Å². The number of fused-ring (bicyclic) bond motifs is 2. The predicted molar refractivity (Wildman–Crippen MR) is 92.1 cm³/mol. The van der Waals surface area contributed by atoms with E-state index in [4.69, 9.17) is 23.2 Å². The zero-order valence-electron chi connectivity index (χ0n) is 13.0. The molecular formula is C17H18Cl2N2O3. The van der Waals surface area contributed by atoms with Crippen molar-refractivity contribution in [3.05, 3.63) is 34.4 Å². The van der Waals surface area contributed by atoms with E-state index >= 15 is 0 Å². The van der Waals surface area contributed by atoms with E-state index in [-0.39, 0.29) is 17.5 Å². The Balaban J connectivity index is 1.39. The van der Waals surface area contributed by atoms with Crippen LogP contribution in [0.15, 0.2) is 24.3 Å². The SMILES string of the molecule is O=C(Nc1cccc([N+](=O)[O-])c1)C1C2CCC3C(CCC21)C3(Cl)Cl. The average Bonchev–Trinajstić information content (AvgIpc) is 3.32. The first-order valence-electron chi connectivity index (χ1n) is 8.32. The summed E-state index contributed by atoms with van der Waals surface area (Å²) in [6, 6.07) is 6.07. The summed E-state index contributed by atoms with van der Waals surface area (Å²) in [6.07, 6.45) is 3.94. The maximum Gasteiger partial charge on any atom is 0.271 e. The molecule has 0 aromatic heterocycles. The fourth-order valence-corrected chi connectivity index (χ4v) is 5.45. The number of nitrogens with zero attached hydrogens (tertiary/aromatic N) is 1. The fraction of sp³-hybridized carbons (Fsp3) is 0.588. The number of carbonyl (C=O) groups excluding carboxylic acids is 1. The molecule has 3 fully saturated rings. The number of amides is 1. The molecule has 0 bridgehead atoms. The number of benzene rings is 1. The number of anilines is 1. The first-order chi connectivity index (χ1) is 11.4. The number of hydrogen-bond acceptors (Lipinski definition) is 3. The molecule has 4 unspecified atom stereocenters. The molecule has 0 saturated heterocycles. The number of carbonyl (C=O) groups is 1. The van der Waals surface area contributed by atoms with Crippen LogP contribution >= 0.6 is 23.2 Å². The molecule has 3 aliphatic rings. The van der Waals surface area contributed by atoms with E-state index in [1.54, 1.807) is 12.1 Å². The van der Waals surface area contributed by atoms with Gasteiger partial charge in [0.25, 0.3) is 5.69 Å². The number of nitro groups is 1. The van der Waals surface area contributed by atoms with Crippen LogP contribution in [0, 0.1) is 39.7 Å². The van der Waals surface area contributed by atoms with E-state index in [2.05, 4.69) is 5.32 Å². The summed E-state index contributed by atoms with van der Waals surface area (Å²) >= 11 is 12.6. The first-order valence-corrected chi connectivity index (χ1v) is 9.08. The van der Waals surface area contributed by atoms with Crippen molar-refractivity contribution < 1.29 is 9.72 Å². The van der Waals surface area contributed by atoms with Gasteiger partial charge in [-0.3, -0.25) is 14.9 Å². The van der Waals surface area contributed by atoms with E-state index in [9.17, 15) is 14.9 Å². The number of nitro benzene ring substituents is 1. The lowest BCUT2D eigenvalue weighted by Crippen LogP contribution is -2.15. The van der Waals surface area contributed by atoms with Crippen LogP contribution in [-0.2, 0) is 4.79 Å². The van der Waals surface area contributed by atoms with Crippen molar-refractivity contribution in [2.45, 2.75) is 30.0 Å². The third-order valence-corrected chi connectivity index (χ3v) is 7.07. The minimum atomic E-state index is -0.544. The van der Waals surface area contributed by atoms with Crippen molar-refractivity contribution in [1.82, 2.24) is 0 Å². The molecule has 4 rings (SSSR count). The molecule has 0 aliphatic heterocycles. The van der Waals surface area contributed by atoms with Crippen molar-refractivity contribution in [3.8, 4) is 0 Å². The highest BCUT2D eigenvalue weighted by Gasteiger charge is 2.65. The standard InChI is InChI=1S/C17H18Cl2N2O3/c18-17(19)13-6-4-11-12(5-7-14(13)17)15(11)16(22)20-9-2-1-3-10(8-9)21(23)24/h1-3,8,11-15H,4-7H2,(H,20,22). The zero-order chi connectivity index (χ0) is 17.1. The van der Waals surface area contributed by atoms with Crippen molar-refractivity contribution in [2.75, 3.05) is 5.32 Å². The second-order valence-corrected chi connectivity index (χ2v) is 8.64. The summed E-state index contributed by atoms with van der Waals surface area (Å²) in [7, 11) is 0. The van der Waals surface area contributed by atoms with Crippen LogP contribution in [0.5, 0.6) is 0 Å². The fourth-order valence-electron chi connectivity index (χ4n) is 4.54. The molecule has 3 aliphatic carbocycles. The number of rotatable bonds is 3. The molecule has 1 N–H and O–H groups in total. The summed E-state index contributed by atoms with van der Waals surface area (Å²) in [5, 5.41) is 13.7. The van der Waals surface area contributed by atoms with Crippen LogP contribution in [0.3, 0.4) is 0 Å². The third kappa shape index (κ3) is 2.68. The van der Waals surface area contributed by atoms with Gasteiger partial charge in [-0.15, -0.1) is 23.2 Å².